The van der Waals surface area contributed by atoms with E-state index < -0.39 is 6.10 Å². The number of rotatable bonds is 7. The molecule has 1 heterocycles. The third-order valence-electron chi connectivity index (χ3n) is 4.30. The summed E-state index contributed by atoms with van der Waals surface area (Å²) in [6, 6.07) is 6.27. The first-order chi connectivity index (χ1) is 11.6. The van der Waals surface area contributed by atoms with Crippen LogP contribution in [-0.2, 0) is 17.6 Å². The molecule has 6 nitrogen and oxygen atoms in total. The molecule has 4 N–H and O–H groups in total. The first kappa shape index (κ1) is 18.7. The van der Waals surface area contributed by atoms with Crippen LogP contribution in [0.4, 0.5) is 5.69 Å². The molecule has 0 radical (unpaired) electrons. The summed E-state index contributed by atoms with van der Waals surface area (Å²) in [5.41, 5.74) is 9.52. The zero-order chi connectivity index (χ0) is 17.4. The zero-order valence-corrected chi connectivity index (χ0v) is 14.8. The van der Waals surface area contributed by atoms with E-state index in [9.17, 15) is 5.11 Å². The number of benzene rings is 1. The van der Waals surface area contributed by atoms with Gasteiger partial charge in [0.2, 0.25) is 0 Å². The van der Waals surface area contributed by atoms with Crippen LogP contribution in [0, 0.1) is 0 Å². The van der Waals surface area contributed by atoms with Crippen LogP contribution >= 0.6 is 0 Å². The average molecular weight is 334 g/mol. The van der Waals surface area contributed by atoms with Crippen molar-refractivity contribution in [1.82, 2.24) is 4.90 Å². The number of anilines is 1. The number of aliphatic hydroxyl groups excluding tert-OH is 1. The lowest BCUT2D eigenvalue weighted by Gasteiger charge is -2.28. The molecule has 1 aromatic carbocycles. The van der Waals surface area contributed by atoms with Crippen molar-refractivity contribution in [2.45, 2.75) is 32.8 Å². The van der Waals surface area contributed by atoms with Crippen LogP contribution < -0.4 is 11.1 Å². The van der Waals surface area contributed by atoms with Crippen molar-refractivity contribution in [2.24, 2.45) is 10.7 Å². The van der Waals surface area contributed by atoms with E-state index in [0.29, 0.717) is 19.0 Å². The number of morpholine rings is 1. The van der Waals surface area contributed by atoms with Gasteiger partial charge in [0.1, 0.15) is 0 Å². The smallest absolute Gasteiger partial charge is 0.193 e. The van der Waals surface area contributed by atoms with Gasteiger partial charge in [-0.05, 0) is 24.0 Å². The molecule has 24 heavy (non-hydrogen) atoms. The summed E-state index contributed by atoms with van der Waals surface area (Å²) >= 11 is 0. The van der Waals surface area contributed by atoms with E-state index >= 15 is 0 Å². The van der Waals surface area contributed by atoms with Gasteiger partial charge in [-0.25, -0.2) is 0 Å². The number of hydrogen-bond donors (Lipinski definition) is 3. The van der Waals surface area contributed by atoms with E-state index in [1.165, 1.54) is 11.1 Å². The molecule has 0 amide bonds. The van der Waals surface area contributed by atoms with Crippen molar-refractivity contribution in [3.8, 4) is 0 Å². The van der Waals surface area contributed by atoms with E-state index in [0.717, 1.165) is 44.8 Å². The van der Waals surface area contributed by atoms with Crippen molar-refractivity contribution in [2.75, 3.05) is 44.7 Å². The zero-order valence-electron chi connectivity index (χ0n) is 14.8. The van der Waals surface area contributed by atoms with E-state index in [-0.39, 0.29) is 0 Å². The maximum Gasteiger partial charge on any atom is 0.193 e. The molecule has 1 fully saturated rings. The molecule has 0 saturated carbocycles. The Hall–Kier alpha value is -1.63. The highest BCUT2D eigenvalue weighted by molar-refractivity contribution is 5.93. The van der Waals surface area contributed by atoms with Crippen LogP contribution in [0.25, 0.3) is 0 Å². The lowest BCUT2D eigenvalue weighted by atomic mass is 10.0. The number of β-amino-alcohol motifs (C(OH)–C–C–N with tert-alkyl or cyclic N) is 1. The first-order valence-electron chi connectivity index (χ1n) is 8.79. The van der Waals surface area contributed by atoms with Crippen LogP contribution in [0.5, 0.6) is 0 Å². The topological polar surface area (TPSA) is 83.1 Å². The Kier molecular flexibility index (Phi) is 7.49. The molecule has 1 atom stereocenters. The van der Waals surface area contributed by atoms with Crippen molar-refractivity contribution in [1.29, 1.82) is 0 Å². The number of hydrogen-bond acceptors (Lipinski definition) is 4. The van der Waals surface area contributed by atoms with Gasteiger partial charge < -0.3 is 20.9 Å². The SMILES string of the molecule is CCc1cccc(CC)c1NC(N)=NCC(O)CN1CCOCC1. The predicted octanol–water partition coefficient (Wildman–Crippen LogP) is 1.23. The molecule has 2 rings (SSSR count). The van der Waals surface area contributed by atoms with E-state index in [1.807, 2.05) is 0 Å². The van der Waals surface area contributed by atoms with E-state index in [4.69, 9.17) is 10.5 Å². The van der Waals surface area contributed by atoms with E-state index in [2.05, 4.69) is 47.3 Å². The summed E-state index contributed by atoms with van der Waals surface area (Å²) in [5, 5.41) is 13.4. The van der Waals surface area contributed by atoms with Gasteiger partial charge in [0.25, 0.3) is 0 Å². The summed E-state index contributed by atoms with van der Waals surface area (Å²) in [7, 11) is 0. The molecule has 0 aromatic heterocycles. The van der Waals surface area contributed by atoms with Gasteiger partial charge in [0, 0.05) is 25.3 Å². The Morgan fingerprint density at radius 2 is 1.92 bits per heavy atom. The molecule has 1 unspecified atom stereocenters. The average Bonchev–Trinajstić information content (AvgIpc) is 2.61. The second kappa shape index (κ2) is 9.61. The fraction of sp³-hybridized carbons (Fsp3) is 0.611. The van der Waals surface area contributed by atoms with Crippen LogP contribution in [0.15, 0.2) is 23.2 Å². The Bertz CT molecular complexity index is 520. The molecular weight excluding hydrogens is 304 g/mol. The predicted molar refractivity (Wildman–Crippen MR) is 98.6 cm³/mol. The molecule has 1 aliphatic heterocycles. The van der Waals surface area contributed by atoms with Gasteiger partial charge in [0.15, 0.2) is 5.96 Å². The molecule has 0 bridgehead atoms. The van der Waals surface area contributed by atoms with Gasteiger partial charge in [-0.15, -0.1) is 0 Å². The number of aliphatic hydroxyl groups is 1. The van der Waals surface area contributed by atoms with Gasteiger partial charge in [-0.1, -0.05) is 32.0 Å². The second-order valence-corrected chi connectivity index (χ2v) is 6.08. The summed E-state index contributed by atoms with van der Waals surface area (Å²) in [6.45, 7) is 8.33. The second-order valence-electron chi connectivity index (χ2n) is 6.08. The van der Waals surface area contributed by atoms with Crippen molar-refractivity contribution in [3.05, 3.63) is 29.3 Å². The number of guanidine groups is 1. The number of nitrogens with two attached hydrogens (primary N) is 1. The van der Waals surface area contributed by atoms with Crippen molar-refractivity contribution < 1.29 is 9.84 Å². The van der Waals surface area contributed by atoms with Gasteiger partial charge in [0.05, 0.1) is 25.9 Å². The Morgan fingerprint density at radius 1 is 1.29 bits per heavy atom. The third kappa shape index (κ3) is 5.47. The Morgan fingerprint density at radius 3 is 2.50 bits per heavy atom. The molecule has 1 aromatic rings. The lowest BCUT2D eigenvalue weighted by Crippen LogP contribution is -2.42. The number of aliphatic imine (C=N–C) groups is 1. The standard InChI is InChI=1S/C18H30N4O2/c1-3-14-6-5-7-15(4-2)17(14)21-18(19)20-12-16(23)13-22-8-10-24-11-9-22/h5-7,16,23H,3-4,8-13H2,1-2H3,(H3,19,20,21). The highest BCUT2D eigenvalue weighted by Gasteiger charge is 2.14. The van der Waals surface area contributed by atoms with Crippen LogP contribution in [0.1, 0.15) is 25.0 Å². The monoisotopic (exact) mass is 334 g/mol. The maximum absolute atomic E-state index is 10.1. The molecular formula is C18H30N4O2. The number of ether oxygens (including phenoxy) is 1. The van der Waals surface area contributed by atoms with E-state index in [1.54, 1.807) is 0 Å². The minimum Gasteiger partial charge on any atom is -0.390 e. The number of para-hydroxylation sites is 1. The molecule has 134 valence electrons. The van der Waals surface area contributed by atoms with Gasteiger partial charge in [-0.3, -0.25) is 9.89 Å². The number of aryl methyl sites for hydroxylation is 2. The van der Waals surface area contributed by atoms with Crippen LogP contribution in [-0.4, -0.2) is 61.5 Å². The fourth-order valence-corrected chi connectivity index (χ4v) is 2.91. The molecule has 1 aliphatic rings. The minimum atomic E-state index is -0.518. The molecule has 0 spiro atoms. The Balaban J connectivity index is 1.91. The lowest BCUT2D eigenvalue weighted by molar-refractivity contribution is 0.0165. The molecule has 0 aliphatic carbocycles. The maximum atomic E-state index is 10.1. The summed E-state index contributed by atoms with van der Waals surface area (Å²) in [6.07, 6.45) is 1.35. The Labute approximate surface area is 144 Å². The fourth-order valence-electron chi connectivity index (χ4n) is 2.91. The quantitative estimate of drug-likeness (QED) is 0.516. The summed E-state index contributed by atoms with van der Waals surface area (Å²) in [4.78, 5) is 6.50. The number of nitrogens with one attached hydrogen (secondary N) is 1. The molecule has 1 saturated heterocycles. The minimum absolute atomic E-state index is 0.298. The van der Waals surface area contributed by atoms with Crippen molar-refractivity contribution >= 4 is 11.6 Å². The highest BCUT2D eigenvalue weighted by Crippen LogP contribution is 2.22. The summed E-state index contributed by atoms with van der Waals surface area (Å²) in [5.74, 6) is 0.353. The summed E-state index contributed by atoms with van der Waals surface area (Å²) < 4.78 is 5.31. The normalized spacial score (nSPS) is 17.7. The van der Waals surface area contributed by atoms with Crippen molar-refractivity contribution in [3.63, 3.8) is 0 Å². The number of nitrogens with zero attached hydrogens (tertiary/aromatic N) is 2. The first-order valence-corrected chi connectivity index (χ1v) is 8.79. The van der Waals surface area contributed by atoms with Gasteiger partial charge >= 0.3 is 0 Å². The van der Waals surface area contributed by atoms with Gasteiger partial charge in [-0.2, -0.15) is 0 Å². The highest BCUT2D eigenvalue weighted by atomic mass is 16.5. The largest absolute Gasteiger partial charge is 0.390 e. The van der Waals surface area contributed by atoms with Crippen LogP contribution in [0.2, 0.25) is 0 Å². The third-order valence-corrected chi connectivity index (χ3v) is 4.30. The molecule has 6 heteroatoms. The van der Waals surface area contributed by atoms with Crippen LogP contribution in [0.3, 0.4) is 0 Å².